The fourth-order valence-corrected chi connectivity index (χ4v) is 3.70. The summed E-state index contributed by atoms with van der Waals surface area (Å²) in [6.45, 7) is 4.60. The van der Waals surface area contributed by atoms with Crippen LogP contribution in [0.25, 0.3) is 22.3 Å². The SMILES string of the molecule is CC(C)(CN)c1cc(-c2cncc(-c3ccc(NS(C)(=O)=O)cc3Cl)c2)ccn1. The molecule has 0 spiro atoms. The molecule has 2 aromatic heterocycles. The summed E-state index contributed by atoms with van der Waals surface area (Å²) in [5.74, 6) is 0. The molecule has 0 saturated heterocycles. The summed E-state index contributed by atoms with van der Waals surface area (Å²) in [7, 11) is -3.37. The van der Waals surface area contributed by atoms with Crippen molar-refractivity contribution in [1.29, 1.82) is 0 Å². The summed E-state index contributed by atoms with van der Waals surface area (Å²) < 4.78 is 25.2. The van der Waals surface area contributed by atoms with Gasteiger partial charge in [-0.2, -0.15) is 0 Å². The molecule has 3 aromatic rings. The van der Waals surface area contributed by atoms with E-state index in [0.717, 1.165) is 34.2 Å². The van der Waals surface area contributed by atoms with Crippen molar-refractivity contribution in [1.82, 2.24) is 9.97 Å². The Kier molecular flexibility index (Phi) is 5.93. The van der Waals surface area contributed by atoms with E-state index < -0.39 is 10.0 Å². The number of halogens is 1. The van der Waals surface area contributed by atoms with Gasteiger partial charge >= 0.3 is 0 Å². The highest BCUT2D eigenvalue weighted by atomic mass is 35.5. The Morgan fingerprint density at radius 1 is 1.07 bits per heavy atom. The standard InChI is InChI=1S/C21H23ClN4O2S/c1-21(2,13-23)20-9-14(6-7-25-20)15-8-16(12-24-11-15)18-5-4-17(10-19(18)22)26-29(3,27)28/h4-12,26H,13,23H2,1-3H3. The van der Waals surface area contributed by atoms with Crippen LogP contribution >= 0.6 is 11.6 Å². The van der Waals surface area contributed by atoms with Crippen molar-refractivity contribution in [3.8, 4) is 22.3 Å². The Morgan fingerprint density at radius 2 is 1.79 bits per heavy atom. The van der Waals surface area contributed by atoms with Crippen molar-refractivity contribution in [3.05, 3.63) is 65.7 Å². The summed E-state index contributed by atoms with van der Waals surface area (Å²) in [4.78, 5) is 8.82. The third-order valence-corrected chi connectivity index (χ3v) is 5.54. The molecule has 0 aliphatic heterocycles. The van der Waals surface area contributed by atoms with Gasteiger partial charge in [0.1, 0.15) is 0 Å². The zero-order chi connectivity index (χ0) is 21.2. The highest BCUT2D eigenvalue weighted by molar-refractivity contribution is 7.92. The molecular formula is C21H23ClN4O2S. The van der Waals surface area contributed by atoms with Crippen LogP contribution < -0.4 is 10.5 Å². The van der Waals surface area contributed by atoms with Gasteiger partial charge in [0.25, 0.3) is 0 Å². The van der Waals surface area contributed by atoms with E-state index in [4.69, 9.17) is 17.3 Å². The van der Waals surface area contributed by atoms with Crippen LogP contribution in [0.4, 0.5) is 5.69 Å². The zero-order valence-corrected chi connectivity index (χ0v) is 18.1. The minimum atomic E-state index is -3.37. The maximum Gasteiger partial charge on any atom is 0.229 e. The van der Waals surface area contributed by atoms with Gasteiger partial charge in [-0.25, -0.2) is 8.42 Å². The fourth-order valence-electron chi connectivity index (χ4n) is 2.86. The summed E-state index contributed by atoms with van der Waals surface area (Å²) in [5, 5.41) is 0.428. The average molecular weight is 431 g/mol. The number of hydrogen-bond acceptors (Lipinski definition) is 5. The van der Waals surface area contributed by atoms with Gasteiger partial charge in [-0.3, -0.25) is 14.7 Å². The van der Waals surface area contributed by atoms with E-state index in [1.54, 1.807) is 36.8 Å². The Balaban J connectivity index is 1.98. The normalized spacial score (nSPS) is 12.0. The molecule has 0 saturated carbocycles. The van der Waals surface area contributed by atoms with Gasteiger partial charge in [-0.05, 0) is 35.9 Å². The van der Waals surface area contributed by atoms with E-state index in [9.17, 15) is 8.42 Å². The van der Waals surface area contributed by atoms with E-state index in [1.807, 2.05) is 18.2 Å². The van der Waals surface area contributed by atoms with E-state index in [-0.39, 0.29) is 5.41 Å². The minimum Gasteiger partial charge on any atom is -0.330 e. The largest absolute Gasteiger partial charge is 0.330 e. The number of pyridine rings is 2. The number of nitrogens with two attached hydrogens (primary N) is 1. The van der Waals surface area contributed by atoms with Gasteiger partial charge in [0.05, 0.1) is 11.3 Å². The molecule has 6 nitrogen and oxygen atoms in total. The number of hydrogen-bond donors (Lipinski definition) is 2. The first-order valence-corrected chi connectivity index (χ1v) is 11.3. The Morgan fingerprint density at radius 3 is 2.45 bits per heavy atom. The molecule has 152 valence electrons. The molecule has 3 rings (SSSR count). The molecule has 2 heterocycles. The molecule has 8 heteroatoms. The molecule has 3 N–H and O–H groups in total. The molecular weight excluding hydrogens is 408 g/mol. The first-order valence-electron chi connectivity index (χ1n) is 8.99. The molecule has 0 aliphatic carbocycles. The van der Waals surface area contributed by atoms with Gasteiger partial charge in [0.2, 0.25) is 10.0 Å². The highest BCUT2D eigenvalue weighted by Crippen LogP contribution is 2.33. The molecule has 0 bridgehead atoms. The smallest absolute Gasteiger partial charge is 0.229 e. The molecule has 0 atom stereocenters. The summed E-state index contributed by atoms with van der Waals surface area (Å²) in [6, 6.07) is 11.0. The first-order chi connectivity index (χ1) is 13.6. The van der Waals surface area contributed by atoms with Gasteiger partial charge in [0, 0.05) is 58.6 Å². The lowest BCUT2D eigenvalue weighted by atomic mass is 9.87. The number of sulfonamides is 1. The number of aromatic nitrogens is 2. The second-order valence-corrected chi connectivity index (χ2v) is 9.70. The van der Waals surface area contributed by atoms with E-state index >= 15 is 0 Å². The number of nitrogens with zero attached hydrogens (tertiary/aromatic N) is 2. The predicted octanol–water partition coefficient (Wildman–Crippen LogP) is 4.07. The molecule has 0 unspecified atom stereocenters. The van der Waals surface area contributed by atoms with Gasteiger partial charge in [-0.15, -0.1) is 0 Å². The summed E-state index contributed by atoms with van der Waals surface area (Å²) in [6.07, 6.45) is 6.37. The Bertz CT molecular complexity index is 1150. The summed E-state index contributed by atoms with van der Waals surface area (Å²) >= 11 is 6.41. The van der Waals surface area contributed by atoms with Crippen molar-refractivity contribution in [3.63, 3.8) is 0 Å². The van der Waals surface area contributed by atoms with Crippen LogP contribution in [0.5, 0.6) is 0 Å². The Labute approximate surface area is 176 Å². The van der Waals surface area contributed by atoms with Crippen molar-refractivity contribution in [2.75, 3.05) is 17.5 Å². The van der Waals surface area contributed by atoms with E-state index in [2.05, 4.69) is 28.5 Å². The average Bonchev–Trinajstić information content (AvgIpc) is 2.67. The van der Waals surface area contributed by atoms with Crippen molar-refractivity contribution in [2.24, 2.45) is 5.73 Å². The van der Waals surface area contributed by atoms with Crippen LogP contribution in [0.15, 0.2) is 55.0 Å². The quantitative estimate of drug-likeness (QED) is 0.614. The van der Waals surface area contributed by atoms with E-state index in [1.165, 1.54) is 0 Å². The Hall–Kier alpha value is -2.48. The number of nitrogens with one attached hydrogen (secondary N) is 1. The van der Waals surface area contributed by atoms with Gasteiger partial charge in [0.15, 0.2) is 0 Å². The molecule has 0 amide bonds. The lowest BCUT2D eigenvalue weighted by molar-refractivity contribution is 0.522. The van der Waals surface area contributed by atoms with Crippen LogP contribution in [0, 0.1) is 0 Å². The van der Waals surface area contributed by atoms with Gasteiger partial charge < -0.3 is 5.73 Å². The molecule has 29 heavy (non-hydrogen) atoms. The number of benzene rings is 1. The molecule has 1 aromatic carbocycles. The van der Waals surface area contributed by atoms with Crippen LogP contribution in [-0.2, 0) is 15.4 Å². The predicted molar refractivity (Wildman–Crippen MR) is 118 cm³/mol. The lowest BCUT2D eigenvalue weighted by Crippen LogP contribution is -2.29. The molecule has 0 fully saturated rings. The monoisotopic (exact) mass is 430 g/mol. The second kappa shape index (κ2) is 8.10. The topological polar surface area (TPSA) is 98.0 Å². The van der Waals surface area contributed by atoms with Crippen molar-refractivity contribution < 1.29 is 8.42 Å². The third-order valence-electron chi connectivity index (χ3n) is 4.62. The van der Waals surface area contributed by atoms with Crippen LogP contribution in [0.1, 0.15) is 19.5 Å². The number of rotatable bonds is 6. The van der Waals surface area contributed by atoms with E-state index in [0.29, 0.717) is 17.3 Å². The number of anilines is 1. The van der Waals surface area contributed by atoms with Crippen LogP contribution in [0.3, 0.4) is 0 Å². The second-order valence-electron chi connectivity index (χ2n) is 7.55. The molecule has 0 aliphatic rings. The lowest BCUT2D eigenvalue weighted by Gasteiger charge is -2.22. The van der Waals surface area contributed by atoms with Gasteiger partial charge in [-0.1, -0.05) is 31.5 Å². The summed E-state index contributed by atoms with van der Waals surface area (Å²) in [5.41, 5.74) is 10.5. The third kappa shape index (κ3) is 5.12. The van der Waals surface area contributed by atoms with Crippen LogP contribution in [0.2, 0.25) is 5.02 Å². The fraction of sp³-hybridized carbons (Fsp3) is 0.238. The van der Waals surface area contributed by atoms with Crippen molar-refractivity contribution in [2.45, 2.75) is 19.3 Å². The minimum absolute atomic E-state index is 0.229. The van der Waals surface area contributed by atoms with Crippen LogP contribution in [-0.4, -0.2) is 31.2 Å². The maximum absolute atomic E-state index is 11.4. The molecule has 0 radical (unpaired) electrons. The maximum atomic E-state index is 11.4. The first kappa shape index (κ1) is 21.2. The zero-order valence-electron chi connectivity index (χ0n) is 16.5. The highest BCUT2D eigenvalue weighted by Gasteiger charge is 2.20. The van der Waals surface area contributed by atoms with Crippen molar-refractivity contribution >= 4 is 27.3 Å².